The van der Waals surface area contributed by atoms with Gasteiger partial charge in [-0.3, -0.25) is 9.20 Å². The third kappa shape index (κ3) is 3.29. The van der Waals surface area contributed by atoms with E-state index in [0.717, 1.165) is 5.56 Å². The molecule has 27 heavy (non-hydrogen) atoms. The lowest BCUT2D eigenvalue weighted by Gasteiger charge is -2.14. The number of benzene rings is 1. The molecule has 2 N–H and O–H groups in total. The number of ether oxygens (including phenoxy) is 2. The Hall–Kier alpha value is -3.55. The van der Waals surface area contributed by atoms with E-state index in [2.05, 4.69) is 10.3 Å². The highest BCUT2D eigenvalue weighted by atomic mass is 16.5. The number of anilines is 1. The molecule has 0 radical (unpaired) electrons. The fourth-order valence-electron chi connectivity index (χ4n) is 2.88. The number of methoxy groups -OCH3 is 2. The lowest BCUT2D eigenvalue weighted by atomic mass is 10.1. The quantitative estimate of drug-likeness (QED) is 0.717. The van der Waals surface area contributed by atoms with Gasteiger partial charge in [-0.2, -0.15) is 0 Å². The van der Waals surface area contributed by atoms with Gasteiger partial charge in [0.1, 0.15) is 11.3 Å². The number of aromatic carboxylic acids is 1. The van der Waals surface area contributed by atoms with Crippen LogP contribution in [0.3, 0.4) is 0 Å². The molecule has 0 aliphatic rings. The van der Waals surface area contributed by atoms with E-state index in [4.69, 9.17) is 9.47 Å². The molecular formula is C19H19N3O5. The third-order valence-corrected chi connectivity index (χ3v) is 4.17. The first kappa shape index (κ1) is 18.2. The van der Waals surface area contributed by atoms with Gasteiger partial charge >= 0.3 is 5.97 Å². The average Bonchev–Trinajstić information content (AvgIpc) is 2.95. The predicted molar refractivity (Wildman–Crippen MR) is 99.1 cm³/mol. The van der Waals surface area contributed by atoms with Crippen molar-refractivity contribution in [2.75, 3.05) is 19.5 Å². The number of rotatable bonds is 5. The number of nitrogens with zero attached hydrogens (tertiary/aromatic N) is 2. The number of aryl methyl sites for hydroxylation is 2. The van der Waals surface area contributed by atoms with E-state index in [0.29, 0.717) is 22.8 Å². The van der Waals surface area contributed by atoms with Gasteiger partial charge in [0.2, 0.25) is 0 Å². The number of amides is 1. The number of carboxylic acid groups (broad SMARTS) is 1. The SMILES string of the molecule is COc1cc(NC(=O)c2c(C)nc3cc(C)ccn23)c(C(=O)O)cc1OC. The summed E-state index contributed by atoms with van der Waals surface area (Å²) in [4.78, 5) is 28.9. The number of imidazole rings is 1. The maximum Gasteiger partial charge on any atom is 0.337 e. The standard InChI is InChI=1S/C19H19N3O5/c1-10-5-6-22-16(7-10)20-11(2)17(22)18(23)21-13-9-15(27-4)14(26-3)8-12(13)19(24)25/h5-9H,1-4H3,(H,21,23)(H,24,25). The minimum absolute atomic E-state index is 0.103. The van der Waals surface area contributed by atoms with Crippen LogP contribution in [-0.2, 0) is 0 Å². The molecule has 2 heterocycles. The highest BCUT2D eigenvalue weighted by molar-refractivity contribution is 6.08. The largest absolute Gasteiger partial charge is 0.493 e. The van der Waals surface area contributed by atoms with Gasteiger partial charge in [0.15, 0.2) is 11.5 Å². The van der Waals surface area contributed by atoms with Crippen molar-refractivity contribution >= 4 is 23.2 Å². The van der Waals surface area contributed by atoms with Crippen LogP contribution in [0.5, 0.6) is 11.5 Å². The van der Waals surface area contributed by atoms with Gasteiger partial charge in [-0.25, -0.2) is 9.78 Å². The summed E-state index contributed by atoms with van der Waals surface area (Å²) in [6.45, 7) is 3.66. The number of fused-ring (bicyclic) bond motifs is 1. The van der Waals surface area contributed by atoms with Crippen LogP contribution < -0.4 is 14.8 Å². The number of pyridine rings is 1. The number of carbonyl (C=O) groups is 2. The van der Waals surface area contributed by atoms with E-state index < -0.39 is 11.9 Å². The first-order chi connectivity index (χ1) is 12.8. The minimum atomic E-state index is -1.20. The number of carbonyl (C=O) groups excluding carboxylic acids is 1. The van der Waals surface area contributed by atoms with Crippen LogP contribution in [-0.4, -0.2) is 40.6 Å². The Morgan fingerprint density at radius 1 is 1.11 bits per heavy atom. The molecule has 0 aliphatic heterocycles. The minimum Gasteiger partial charge on any atom is -0.493 e. The Morgan fingerprint density at radius 2 is 1.78 bits per heavy atom. The first-order valence-corrected chi connectivity index (χ1v) is 8.11. The first-order valence-electron chi connectivity index (χ1n) is 8.11. The average molecular weight is 369 g/mol. The normalized spacial score (nSPS) is 10.7. The summed E-state index contributed by atoms with van der Waals surface area (Å²) < 4.78 is 12.0. The van der Waals surface area contributed by atoms with Gasteiger partial charge in [-0.05, 0) is 31.5 Å². The summed E-state index contributed by atoms with van der Waals surface area (Å²) in [6.07, 6.45) is 1.76. The van der Waals surface area contributed by atoms with Gasteiger partial charge in [0.05, 0.1) is 31.2 Å². The molecule has 0 saturated heterocycles. The molecule has 1 aromatic carbocycles. The Kier molecular flexibility index (Phi) is 4.72. The Bertz CT molecular complexity index is 1060. The molecule has 2 aromatic heterocycles. The molecule has 3 aromatic rings. The van der Waals surface area contributed by atoms with Crippen LogP contribution in [0.1, 0.15) is 32.1 Å². The van der Waals surface area contributed by atoms with Crippen LogP contribution in [0.2, 0.25) is 0 Å². The summed E-state index contributed by atoms with van der Waals surface area (Å²) >= 11 is 0. The summed E-state index contributed by atoms with van der Waals surface area (Å²) in [5, 5.41) is 12.1. The fraction of sp³-hybridized carbons (Fsp3) is 0.211. The van der Waals surface area contributed by atoms with E-state index in [9.17, 15) is 14.7 Å². The van der Waals surface area contributed by atoms with Crippen molar-refractivity contribution in [2.45, 2.75) is 13.8 Å². The van der Waals surface area contributed by atoms with E-state index in [1.165, 1.54) is 26.4 Å². The second-order valence-corrected chi connectivity index (χ2v) is 5.99. The van der Waals surface area contributed by atoms with Gasteiger partial charge in [0.25, 0.3) is 5.91 Å². The van der Waals surface area contributed by atoms with Gasteiger partial charge < -0.3 is 19.9 Å². The summed E-state index contributed by atoms with van der Waals surface area (Å²) in [5.74, 6) is -1.10. The Balaban J connectivity index is 2.06. The molecule has 0 atom stereocenters. The predicted octanol–water partition coefficient (Wildman–Crippen LogP) is 2.92. The molecular weight excluding hydrogens is 350 g/mol. The zero-order valence-corrected chi connectivity index (χ0v) is 15.4. The van der Waals surface area contributed by atoms with E-state index in [-0.39, 0.29) is 17.0 Å². The lowest BCUT2D eigenvalue weighted by molar-refractivity contribution is 0.0697. The zero-order chi connectivity index (χ0) is 19.7. The van der Waals surface area contributed by atoms with E-state index in [1.807, 2.05) is 19.1 Å². The Labute approximate surface area is 155 Å². The van der Waals surface area contributed by atoms with Gasteiger partial charge in [0, 0.05) is 18.3 Å². The van der Waals surface area contributed by atoms with Crippen molar-refractivity contribution < 1.29 is 24.2 Å². The molecule has 0 aliphatic carbocycles. The summed E-state index contributed by atoms with van der Waals surface area (Å²) in [5.41, 5.74) is 2.53. The van der Waals surface area contributed by atoms with Gasteiger partial charge in [-0.15, -0.1) is 0 Å². The molecule has 3 rings (SSSR count). The van der Waals surface area contributed by atoms with Crippen molar-refractivity contribution in [1.82, 2.24) is 9.38 Å². The van der Waals surface area contributed by atoms with Crippen LogP contribution in [0.25, 0.3) is 5.65 Å². The Morgan fingerprint density at radius 3 is 2.41 bits per heavy atom. The number of hydrogen-bond donors (Lipinski definition) is 2. The monoisotopic (exact) mass is 369 g/mol. The number of hydrogen-bond acceptors (Lipinski definition) is 5. The smallest absolute Gasteiger partial charge is 0.337 e. The topological polar surface area (TPSA) is 102 Å². The van der Waals surface area contributed by atoms with Crippen molar-refractivity contribution in [3.8, 4) is 11.5 Å². The van der Waals surface area contributed by atoms with Crippen LogP contribution >= 0.6 is 0 Å². The van der Waals surface area contributed by atoms with Crippen LogP contribution in [0.15, 0.2) is 30.5 Å². The van der Waals surface area contributed by atoms with E-state index in [1.54, 1.807) is 17.5 Å². The van der Waals surface area contributed by atoms with Crippen LogP contribution in [0, 0.1) is 13.8 Å². The molecule has 0 unspecified atom stereocenters. The van der Waals surface area contributed by atoms with E-state index >= 15 is 0 Å². The van der Waals surface area contributed by atoms with Crippen molar-refractivity contribution in [2.24, 2.45) is 0 Å². The number of carboxylic acids is 1. The highest BCUT2D eigenvalue weighted by Crippen LogP contribution is 2.33. The number of aromatic nitrogens is 2. The molecule has 8 heteroatoms. The third-order valence-electron chi connectivity index (χ3n) is 4.17. The molecule has 0 fully saturated rings. The zero-order valence-electron chi connectivity index (χ0n) is 15.4. The molecule has 1 amide bonds. The van der Waals surface area contributed by atoms with Crippen molar-refractivity contribution in [3.63, 3.8) is 0 Å². The molecule has 0 saturated carbocycles. The second-order valence-electron chi connectivity index (χ2n) is 5.99. The second kappa shape index (κ2) is 6.99. The maximum atomic E-state index is 12.9. The molecule has 8 nitrogen and oxygen atoms in total. The van der Waals surface area contributed by atoms with Crippen molar-refractivity contribution in [3.05, 3.63) is 53.0 Å². The lowest BCUT2D eigenvalue weighted by Crippen LogP contribution is -2.18. The van der Waals surface area contributed by atoms with Crippen molar-refractivity contribution in [1.29, 1.82) is 0 Å². The highest BCUT2D eigenvalue weighted by Gasteiger charge is 2.21. The maximum absolute atomic E-state index is 12.9. The van der Waals surface area contributed by atoms with Crippen LogP contribution in [0.4, 0.5) is 5.69 Å². The molecule has 0 bridgehead atoms. The summed E-state index contributed by atoms with van der Waals surface area (Å²) in [6, 6.07) is 6.46. The molecule has 140 valence electrons. The summed E-state index contributed by atoms with van der Waals surface area (Å²) in [7, 11) is 2.84. The number of nitrogens with one attached hydrogen (secondary N) is 1. The fourth-order valence-corrected chi connectivity index (χ4v) is 2.88. The van der Waals surface area contributed by atoms with Gasteiger partial charge in [-0.1, -0.05) is 0 Å². The molecule has 0 spiro atoms.